The van der Waals surface area contributed by atoms with Gasteiger partial charge >= 0.3 is 0 Å². The number of benzene rings is 1. The average molecular weight is 497 g/mol. The van der Waals surface area contributed by atoms with E-state index < -0.39 is 0 Å². The van der Waals surface area contributed by atoms with Gasteiger partial charge < -0.3 is 25.0 Å². The highest BCUT2D eigenvalue weighted by molar-refractivity contribution is 14.0. The number of aliphatic imine (C=N–C) groups is 1. The Bertz CT molecular complexity index is 779. The monoisotopic (exact) mass is 497 g/mol. The fourth-order valence-electron chi connectivity index (χ4n) is 2.90. The van der Waals surface area contributed by atoms with Gasteiger partial charge in [-0.3, -0.25) is 4.99 Å². The molecule has 1 aromatic carbocycles. The molecule has 0 saturated carbocycles. The van der Waals surface area contributed by atoms with Crippen LogP contribution in [0.15, 0.2) is 41.5 Å². The maximum atomic E-state index is 5.41. The number of nitrogens with zero attached hydrogens (tertiary/aromatic N) is 3. The van der Waals surface area contributed by atoms with Gasteiger partial charge in [0.2, 0.25) is 6.79 Å². The van der Waals surface area contributed by atoms with Gasteiger partial charge in [-0.05, 0) is 43.2 Å². The molecule has 28 heavy (non-hydrogen) atoms. The molecule has 7 nitrogen and oxygen atoms in total. The molecular formula is C20H28IN5O2. The number of nitrogens with one attached hydrogen (secondary N) is 2. The van der Waals surface area contributed by atoms with Gasteiger partial charge in [0.1, 0.15) is 5.82 Å². The molecule has 0 aliphatic carbocycles. The van der Waals surface area contributed by atoms with Crippen LogP contribution < -0.4 is 25.0 Å². The van der Waals surface area contributed by atoms with Crippen LogP contribution in [0.1, 0.15) is 25.0 Å². The average Bonchev–Trinajstić information content (AvgIpc) is 3.18. The first-order valence-corrected chi connectivity index (χ1v) is 9.26. The molecule has 0 unspecified atom stereocenters. The molecule has 0 saturated heterocycles. The molecule has 152 valence electrons. The second-order valence-electron chi connectivity index (χ2n) is 6.16. The van der Waals surface area contributed by atoms with E-state index >= 15 is 0 Å². The van der Waals surface area contributed by atoms with Crippen LogP contribution in [0.3, 0.4) is 0 Å². The third-order valence-electron chi connectivity index (χ3n) is 4.48. The zero-order valence-electron chi connectivity index (χ0n) is 16.6. The van der Waals surface area contributed by atoms with E-state index in [2.05, 4.69) is 51.5 Å². The Morgan fingerprint density at radius 3 is 2.36 bits per heavy atom. The van der Waals surface area contributed by atoms with E-state index in [4.69, 9.17) is 9.47 Å². The second kappa shape index (κ2) is 10.9. The Morgan fingerprint density at radius 1 is 1.04 bits per heavy atom. The fourth-order valence-corrected chi connectivity index (χ4v) is 2.90. The van der Waals surface area contributed by atoms with E-state index in [0.29, 0.717) is 13.1 Å². The molecule has 2 N–H and O–H groups in total. The first kappa shape index (κ1) is 22.1. The van der Waals surface area contributed by atoms with Crippen LogP contribution in [-0.4, -0.2) is 37.9 Å². The summed E-state index contributed by atoms with van der Waals surface area (Å²) in [7, 11) is 1.76. The van der Waals surface area contributed by atoms with Gasteiger partial charge in [-0.2, -0.15) is 0 Å². The molecule has 1 aliphatic heterocycles. The number of hydrogen-bond acceptors (Lipinski definition) is 5. The van der Waals surface area contributed by atoms with Crippen LogP contribution in [0.5, 0.6) is 11.5 Å². The number of anilines is 1. The molecule has 1 aromatic heterocycles. The van der Waals surface area contributed by atoms with E-state index in [9.17, 15) is 0 Å². The number of aromatic nitrogens is 1. The van der Waals surface area contributed by atoms with Crippen molar-refractivity contribution in [2.75, 3.05) is 31.8 Å². The Kier molecular flexibility index (Phi) is 8.62. The number of ether oxygens (including phenoxy) is 2. The zero-order valence-corrected chi connectivity index (χ0v) is 18.9. The second-order valence-corrected chi connectivity index (χ2v) is 6.16. The predicted molar refractivity (Wildman–Crippen MR) is 123 cm³/mol. The van der Waals surface area contributed by atoms with Gasteiger partial charge in [-0.15, -0.1) is 24.0 Å². The third kappa shape index (κ3) is 5.63. The minimum atomic E-state index is 0. The lowest BCUT2D eigenvalue weighted by atomic mass is 10.2. The normalized spacial score (nSPS) is 12.3. The van der Waals surface area contributed by atoms with Gasteiger partial charge in [0.05, 0.1) is 0 Å². The number of rotatable bonds is 7. The Balaban J connectivity index is 0.00000280. The molecule has 0 atom stereocenters. The van der Waals surface area contributed by atoms with Crippen molar-refractivity contribution < 1.29 is 9.47 Å². The van der Waals surface area contributed by atoms with Gasteiger partial charge in [0, 0.05) is 39.4 Å². The van der Waals surface area contributed by atoms with E-state index in [1.807, 2.05) is 24.4 Å². The minimum Gasteiger partial charge on any atom is -0.454 e. The third-order valence-corrected chi connectivity index (χ3v) is 4.48. The van der Waals surface area contributed by atoms with Crippen LogP contribution in [0, 0.1) is 0 Å². The van der Waals surface area contributed by atoms with E-state index in [1.54, 1.807) is 7.05 Å². The molecule has 2 aromatic rings. The van der Waals surface area contributed by atoms with Crippen molar-refractivity contribution in [1.82, 2.24) is 15.6 Å². The molecule has 1 aliphatic rings. The minimum absolute atomic E-state index is 0. The largest absolute Gasteiger partial charge is 0.454 e. The first-order chi connectivity index (χ1) is 13.2. The number of guanidine groups is 1. The Labute approximate surface area is 183 Å². The fraction of sp³-hybridized carbons (Fsp3) is 0.400. The summed E-state index contributed by atoms with van der Waals surface area (Å²) in [5.41, 5.74) is 2.21. The summed E-state index contributed by atoms with van der Waals surface area (Å²) in [5, 5.41) is 6.62. The first-order valence-electron chi connectivity index (χ1n) is 9.26. The van der Waals surface area contributed by atoms with Crippen molar-refractivity contribution in [2.45, 2.75) is 26.9 Å². The predicted octanol–water partition coefficient (Wildman–Crippen LogP) is 3.14. The Hall–Kier alpha value is -2.23. The van der Waals surface area contributed by atoms with Crippen molar-refractivity contribution in [3.05, 3.63) is 47.7 Å². The lowest BCUT2D eigenvalue weighted by Gasteiger charge is -2.19. The van der Waals surface area contributed by atoms with Crippen molar-refractivity contribution >= 4 is 35.8 Å². The highest BCUT2D eigenvalue weighted by Crippen LogP contribution is 2.32. The molecule has 2 heterocycles. The molecule has 0 bridgehead atoms. The summed E-state index contributed by atoms with van der Waals surface area (Å²) in [6.45, 7) is 7.78. The van der Waals surface area contributed by atoms with Crippen LogP contribution in [0.4, 0.5) is 5.82 Å². The summed E-state index contributed by atoms with van der Waals surface area (Å²) < 4.78 is 10.8. The van der Waals surface area contributed by atoms with Crippen LogP contribution in [0.2, 0.25) is 0 Å². The van der Waals surface area contributed by atoms with Crippen molar-refractivity contribution in [3.8, 4) is 11.5 Å². The summed E-state index contributed by atoms with van der Waals surface area (Å²) >= 11 is 0. The maximum absolute atomic E-state index is 5.41. The molecule has 0 amide bonds. The molecule has 3 rings (SSSR count). The van der Waals surface area contributed by atoms with Crippen molar-refractivity contribution in [3.63, 3.8) is 0 Å². The van der Waals surface area contributed by atoms with E-state index in [0.717, 1.165) is 47.5 Å². The lowest BCUT2D eigenvalue weighted by Crippen LogP contribution is -2.36. The van der Waals surface area contributed by atoms with Crippen molar-refractivity contribution in [1.29, 1.82) is 0 Å². The number of fused-ring (bicyclic) bond motifs is 1. The van der Waals surface area contributed by atoms with Gasteiger partial charge in [0.25, 0.3) is 0 Å². The highest BCUT2D eigenvalue weighted by Gasteiger charge is 2.13. The molecule has 0 radical (unpaired) electrons. The smallest absolute Gasteiger partial charge is 0.231 e. The maximum Gasteiger partial charge on any atom is 0.231 e. The van der Waals surface area contributed by atoms with E-state index in [1.165, 1.54) is 0 Å². The summed E-state index contributed by atoms with van der Waals surface area (Å²) in [6.07, 6.45) is 1.91. The lowest BCUT2D eigenvalue weighted by molar-refractivity contribution is 0.174. The molecular weight excluding hydrogens is 469 g/mol. The molecule has 0 fully saturated rings. The number of halogens is 1. The summed E-state index contributed by atoms with van der Waals surface area (Å²) in [5.74, 6) is 3.33. The summed E-state index contributed by atoms with van der Waals surface area (Å²) in [6, 6.07) is 10.1. The molecule has 8 heteroatoms. The van der Waals surface area contributed by atoms with Crippen LogP contribution in [0.25, 0.3) is 0 Å². The SMILES string of the molecule is CCN(CC)c1ccc(CNC(=NC)NCc2ccc3c(c2)OCO3)cn1.I. The van der Waals surface area contributed by atoms with Gasteiger partial charge in [-0.25, -0.2) is 4.98 Å². The van der Waals surface area contributed by atoms with Crippen LogP contribution in [-0.2, 0) is 13.1 Å². The summed E-state index contributed by atoms with van der Waals surface area (Å²) in [4.78, 5) is 11.0. The standard InChI is InChI=1S/C20H27N5O2.HI/c1-4-25(5-2)19-9-7-16(12-22-19)13-24-20(21-3)23-11-15-6-8-17-18(10-15)27-14-26-17;/h6-10,12H,4-5,11,13-14H2,1-3H3,(H2,21,23,24);1H. The Morgan fingerprint density at radius 2 is 1.71 bits per heavy atom. The topological polar surface area (TPSA) is 71.0 Å². The van der Waals surface area contributed by atoms with E-state index in [-0.39, 0.29) is 30.8 Å². The van der Waals surface area contributed by atoms with Gasteiger partial charge in [0.15, 0.2) is 17.5 Å². The zero-order chi connectivity index (χ0) is 19.1. The molecule has 0 spiro atoms. The highest BCUT2D eigenvalue weighted by atomic mass is 127. The quantitative estimate of drug-likeness (QED) is 0.348. The van der Waals surface area contributed by atoms with Gasteiger partial charge in [-0.1, -0.05) is 12.1 Å². The van der Waals surface area contributed by atoms with Crippen molar-refractivity contribution in [2.24, 2.45) is 4.99 Å². The number of pyridine rings is 1. The number of hydrogen-bond donors (Lipinski definition) is 2. The van der Waals surface area contributed by atoms with Crippen LogP contribution >= 0.6 is 24.0 Å².